The van der Waals surface area contributed by atoms with Gasteiger partial charge in [0.15, 0.2) is 19.7 Å². The van der Waals surface area contributed by atoms with Crippen LogP contribution in [0.3, 0.4) is 0 Å². The molecule has 8 fully saturated rings. The van der Waals surface area contributed by atoms with Crippen LogP contribution in [0.25, 0.3) is 0 Å². The maximum Gasteiger partial charge on any atom is 0.259 e. The number of carbonyl (C=O) groups is 2. The number of rotatable bonds is 12. The van der Waals surface area contributed by atoms with Crippen molar-refractivity contribution >= 4 is 54.5 Å². The highest BCUT2D eigenvalue weighted by atomic mass is 32.2. The highest BCUT2D eigenvalue weighted by molar-refractivity contribution is 7.92. The Morgan fingerprint density at radius 3 is 1.42 bits per heavy atom. The van der Waals surface area contributed by atoms with Crippen LogP contribution in [0, 0.1) is 16.8 Å². The Labute approximate surface area is 427 Å². The molecule has 4 saturated carbocycles. The lowest BCUT2D eigenvalue weighted by atomic mass is 9.93. The molecule has 4 aliphatic carbocycles. The van der Waals surface area contributed by atoms with E-state index < -0.39 is 31.5 Å². The maximum atomic E-state index is 14.0. The van der Waals surface area contributed by atoms with E-state index in [1.54, 1.807) is 54.6 Å². The van der Waals surface area contributed by atoms with Gasteiger partial charge in [-0.05, 0) is 142 Å². The van der Waals surface area contributed by atoms with Crippen LogP contribution in [0.5, 0.6) is 5.88 Å². The van der Waals surface area contributed by atoms with Crippen LogP contribution >= 0.6 is 0 Å². The molecule has 0 unspecified atom stereocenters. The van der Waals surface area contributed by atoms with E-state index in [0.717, 1.165) is 77.5 Å². The molecule has 12 rings (SSSR count). The van der Waals surface area contributed by atoms with Gasteiger partial charge in [-0.15, -0.1) is 0 Å². The van der Waals surface area contributed by atoms with Crippen molar-refractivity contribution in [3.05, 3.63) is 89.9 Å². The summed E-state index contributed by atoms with van der Waals surface area (Å²) in [5, 5.41) is 13.4. The second kappa shape index (κ2) is 21.6. The minimum Gasteiger partial charge on any atom is -0.469 e. The fraction of sp³-hybridized carbons (Fsp3) is 0.556. The number of hydrogen-bond donors (Lipinski definition) is 3. The number of benzene rings is 2. The third-order valence-corrected chi connectivity index (χ3v) is 20.7. The van der Waals surface area contributed by atoms with Crippen molar-refractivity contribution in [2.45, 2.75) is 135 Å². The summed E-state index contributed by atoms with van der Waals surface area (Å²) in [7, 11) is -6.82. The van der Waals surface area contributed by atoms with Gasteiger partial charge in [0.25, 0.3) is 11.8 Å². The largest absolute Gasteiger partial charge is 0.469 e. The van der Waals surface area contributed by atoms with Crippen molar-refractivity contribution in [3.63, 3.8) is 0 Å². The number of pyridine rings is 2. The number of nitrogens with zero attached hydrogens (tertiary/aromatic N) is 4. The molecule has 19 heteroatoms. The monoisotopic (exact) mass is 1040 g/mol. The first-order valence-corrected chi connectivity index (χ1v) is 29.3. The van der Waals surface area contributed by atoms with E-state index in [2.05, 4.69) is 25.3 Å². The van der Waals surface area contributed by atoms with Gasteiger partial charge in [-0.2, -0.15) is 9.37 Å². The Hall–Kier alpha value is -5.21. The van der Waals surface area contributed by atoms with Crippen LogP contribution in [-0.4, -0.2) is 119 Å². The van der Waals surface area contributed by atoms with Crippen molar-refractivity contribution in [2.75, 3.05) is 73.0 Å². The van der Waals surface area contributed by atoms with Gasteiger partial charge in [-0.3, -0.25) is 9.59 Å². The number of aliphatic hydroxyl groups is 1. The van der Waals surface area contributed by atoms with Crippen molar-refractivity contribution in [2.24, 2.45) is 10.8 Å². The van der Waals surface area contributed by atoms with Crippen LogP contribution in [-0.2, 0) is 29.1 Å². The van der Waals surface area contributed by atoms with Gasteiger partial charge in [0.2, 0.25) is 11.8 Å². The fourth-order valence-corrected chi connectivity index (χ4v) is 14.7. The molecular formula is C54H67FN6O10S2. The molecule has 2 aromatic heterocycles. The van der Waals surface area contributed by atoms with E-state index in [1.807, 2.05) is 4.90 Å². The van der Waals surface area contributed by atoms with E-state index >= 15 is 0 Å². The first-order chi connectivity index (χ1) is 35.2. The van der Waals surface area contributed by atoms with Crippen molar-refractivity contribution < 1.29 is 50.1 Å². The minimum atomic E-state index is -3.42. The van der Waals surface area contributed by atoms with E-state index in [-0.39, 0.29) is 38.4 Å². The molecule has 3 N–H and O–H groups in total. The molecule has 392 valence electrons. The Bertz CT molecular complexity index is 2860. The van der Waals surface area contributed by atoms with Gasteiger partial charge in [-0.25, -0.2) is 21.8 Å². The molecule has 2 aromatic carbocycles. The van der Waals surface area contributed by atoms with Gasteiger partial charge >= 0.3 is 0 Å². The van der Waals surface area contributed by atoms with Crippen LogP contribution in [0.15, 0.2) is 82.6 Å². The number of aromatic nitrogens is 2. The molecule has 4 aromatic rings. The van der Waals surface area contributed by atoms with Gasteiger partial charge in [-0.1, -0.05) is 37.8 Å². The molecule has 2 amide bonds. The van der Waals surface area contributed by atoms with Crippen molar-refractivity contribution in [1.82, 2.24) is 9.97 Å². The van der Waals surface area contributed by atoms with Crippen LogP contribution < -0.4 is 25.2 Å². The second-order valence-corrected chi connectivity index (χ2v) is 25.8. The molecule has 8 aliphatic rings. The number of ether oxygens (including phenoxy) is 3. The molecular weight excluding hydrogens is 976 g/mol. The second-order valence-electron chi connectivity index (χ2n) is 21.3. The molecule has 16 nitrogen and oxygen atoms in total. The summed E-state index contributed by atoms with van der Waals surface area (Å²) in [6.07, 6.45) is 15.7. The Morgan fingerprint density at radius 1 is 0.603 bits per heavy atom. The van der Waals surface area contributed by atoms with Crippen LogP contribution in [0.2, 0.25) is 0 Å². The van der Waals surface area contributed by atoms with E-state index in [1.165, 1.54) is 43.9 Å². The Morgan fingerprint density at radius 2 is 1.03 bits per heavy atom. The molecule has 2 spiro atoms. The van der Waals surface area contributed by atoms with Crippen LogP contribution in [0.1, 0.15) is 123 Å². The number of hydrogen-bond acceptors (Lipinski definition) is 14. The Kier molecular flexibility index (Phi) is 15.1. The minimum absolute atomic E-state index is 0.00864. The number of carbonyl (C=O) groups excluding carboxylic acids is 2. The number of anilines is 4. The van der Waals surface area contributed by atoms with E-state index in [4.69, 9.17) is 19.6 Å². The number of sulfone groups is 2. The average Bonchev–Trinajstić information content (AvgIpc) is 4.08. The summed E-state index contributed by atoms with van der Waals surface area (Å²) in [4.78, 5) is 40.0. The van der Waals surface area contributed by atoms with E-state index in [9.17, 15) is 30.8 Å². The van der Waals surface area contributed by atoms with Gasteiger partial charge in [0, 0.05) is 43.6 Å². The highest BCUT2D eigenvalue weighted by Gasteiger charge is 2.46. The molecule has 4 aliphatic heterocycles. The molecule has 0 bridgehead atoms. The molecule has 6 heterocycles. The lowest BCUT2D eigenvalue weighted by molar-refractivity contribution is -0.0936. The SMILES string of the molecule is O=C(Nc1cccc(S(=O)(=O)C2CCCC2)c1)c1ccc(F)nc1N1CCC2(CC1)CC2.O=C(Nc1cccc(S(=O)(=O)C2CCCC2)c1)c1ccc(OC2COC2)nc1N1CCC2(CC1)CC2.OC1COC1. The smallest absolute Gasteiger partial charge is 0.259 e. The number of piperidine rings is 2. The van der Waals surface area contributed by atoms with Crippen molar-refractivity contribution in [1.29, 1.82) is 0 Å². The van der Waals surface area contributed by atoms with E-state index in [0.29, 0.717) is 103 Å². The lowest BCUT2D eigenvalue weighted by Crippen LogP contribution is -2.39. The standard InChI is InChI=1S/C27H33N3O5S.C24H28FN3O3S.C3H6O2/c31-26(28-19-4-3-7-22(16-19)36(32,33)21-5-1-2-6-21)23-8-9-24(35-20-17-34-18-20)29-25(23)30-14-12-27(10-11-27)13-15-30;25-21-9-8-20(22(27-21)28-14-12-24(10-11-24)13-15-28)23(29)26-17-4-3-7-19(16-17)32(30,31)18-5-1-2-6-18;4-3-1-5-2-3/h3-4,7-9,16,20-21H,1-2,5-6,10-15,17-18H2,(H,28,31);3-4,7-9,16,18H,1-2,5-6,10-15H2,(H,26,29);3-4H,1-2H2. The first-order valence-electron chi connectivity index (χ1n) is 26.2. The highest BCUT2D eigenvalue weighted by Crippen LogP contribution is 2.55. The van der Waals surface area contributed by atoms with Gasteiger partial charge < -0.3 is 39.8 Å². The maximum absolute atomic E-state index is 14.0. The third kappa shape index (κ3) is 12.0. The molecule has 0 radical (unpaired) electrons. The average molecular weight is 1040 g/mol. The van der Waals surface area contributed by atoms with Gasteiger partial charge in [0.1, 0.15) is 23.8 Å². The molecule has 4 saturated heterocycles. The summed E-state index contributed by atoms with van der Waals surface area (Å²) in [6, 6.07) is 19.1. The quantitative estimate of drug-likeness (QED) is 0.115. The summed E-state index contributed by atoms with van der Waals surface area (Å²) in [6.45, 7) is 5.41. The first kappa shape index (κ1) is 51.3. The zero-order chi connectivity index (χ0) is 50.8. The predicted octanol–water partition coefficient (Wildman–Crippen LogP) is 8.16. The molecule has 73 heavy (non-hydrogen) atoms. The normalized spacial score (nSPS) is 21.5. The number of amides is 2. The number of nitrogens with one attached hydrogen (secondary N) is 2. The van der Waals surface area contributed by atoms with Gasteiger partial charge in [0.05, 0.1) is 57.8 Å². The van der Waals surface area contributed by atoms with Crippen LogP contribution in [0.4, 0.5) is 27.4 Å². The predicted molar refractivity (Wildman–Crippen MR) is 274 cm³/mol. The molecule has 0 atom stereocenters. The zero-order valence-corrected chi connectivity index (χ0v) is 42.9. The lowest BCUT2D eigenvalue weighted by Gasteiger charge is -2.34. The number of aliphatic hydroxyl groups excluding tert-OH is 1. The Balaban J connectivity index is 0.000000154. The number of halogens is 1. The summed E-state index contributed by atoms with van der Waals surface area (Å²) < 4.78 is 81.7. The summed E-state index contributed by atoms with van der Waals surface area (Å²) in [5.74, 6) is 0.120. The fourth-order valence-electron chi connectivity index (χ4n) is 10.9. The third-order valence-electron chi connectivity index (χ3n) is 16.2. The topological polar surface area (TPSA) is 207 Å². The summed E-state index contributed by atoms with van der Waals surface area (Å²) in [5.41, 5.74) is 2.58. The zero-order valence-electron chi connectivity index (χ0n) is 41.3. The van der Waals surface area contributed by atoms with Crippen molar-refractivity contribution in [3.8, 4) is 5.88 Å². The summed E-state index contributed by atoms with van der Waals surface area (Å²) >= 11 is 0.